The molecule has 0 unspecified atom stereocenters. The van der Waals surface area contributed by atoms with Crippen molar-refractivity contribution in [1.29, 1.82) is 0 Å². The summed E-state index contributed by atoms with van der Waals surface area (Å²) in [5.41, 5.74) is 3.57. The molecular formula is C4H8NO2S+. The fraction of sp³-hybridized carbons (Fsp3) is 0.500. The van der Waals surface area contributed by atoms with Crippen LogP contribution in [0.25, 0.3) is 0 Å². The van der Waals surface area contributed by atoms with E-state index in [0.717, 1.165) is 0 Å². The monoisotopic (exact) mass is 134 g/mol. The molecule has 0 aromatic carbocycles. The minimum Gasteiger partial charge on any atom is -0.351 e. The number of hydrogen-bond acceptors (Lipinski definition) is 2. The van der Waals surface area contributed by atoms with E-state index in [-0.39, 0.29) is 11.8 Å². The molecule has 0 radical (unpaired) electrons. The molecule has 0 amide bonds. The van der Waals surface area contributed by atoms with Crippen molar-refractivity contribution in [2.45, 2.75) is 6.04 Å². The first-order valence-electron chi connectivity index (χ1n) is 2.34. The average Bonchev–Trinajstić information content (AvgIpc) is 1.82. The van der Waals surface area contributed by atoms with Gasteiger partial charge in [-0.15, -0.1) is 0 Å². The molecule has 0 fully saturated rings. The molecule has 0 aromatic rings. The molecule has 0 saturated carbocycles. The highest BCUT2D eigenvalue weighted by atomic mass is 32.2. The third-order valence-electron chi connectivity index (χ3n) is 1.00. The number of sulfone groups is 1. The summed E-state index contributed by atoms with van der Waals surface area (Å²) in [5, 5.41) is 1.23. The van der Waals surface area contributed by atoms with E-state index in [2.05, 4.69) is 5.73 Å². The first-order valence-corrected chi connectivity index (χ1v) is 4.06. The molecule has 0 aromatic heterocycles. The predicted molar refractivity (Wildman–Crippen MR) is 29.6 cm³/mol. The van der Waals surface area contributed by atoms with Crippen LogP contribution in [0.5, 0.6) is 0 Å². The SMILES string of the molecule is [NH3+][C@H]1C=CS(=O)(=O)C1. The molecule has 1 aliphatic heterocycles. The maximum absolute atomic E-state index is 10.5. The molecule has 1 aliphatic rings. The maximum atomic E-state index is 10.5. The van der Waals surface area contributed by atoms with Gasteiger partial charge >= 0.3 is 0 Å². The Hall–Kier alpha value is -0.350. The third kappa shape index (κ3) is 1.08. The molecule has 1 rings (SSSR count). The maximum Gasteiger partial charge on any atom is 0.177 e. The summed E-state index contributed by atoms with van der Waals surface area (Å²) in [4.78, 5) is 0. The Bertz CT molecular complexity index is 204. The second-order valence-corrected chi connectivity index (χ2v) is 3.85. The van der Waals surface area contributed by atoms with E-state index >= 15 is 0 Å². The van der Waals surface area contributed by atoms with E-state index in [0.29, 0.717) is 0 Å². The van der Waals surface area contributed by atoms with Gasteiger partial charge in [-0.3, -0.25) is 0 Å². The Morgan fingerprint density at radius 2 is 2.25 bits per heavy atom. The van der Waals surface area contributed by atoms with Crippen molar-refractivity contribution in [3.8, 4) is 0 Å². The quantitative estimate of drug-likeness (QED) is 0.440. The molecule has 1 atom stereocenters. The van der Waals surface area contributed by atoms with E-state index < -0.39 is 9.84 Å². The Balaban J connectivity index is 2.89. The Morgan fingerprint density at radius 3 is 2.38 bits per heavy atom. The lowest BCUT2D eigenvalue weighted by atomic mass is 10.4. The van der Waals surface area contributed by atoms with Crippen molar-refractivity contribution in [3.05, 3.63) is 11.5 Å². The predicted octanol–water partition coefficient (Wildman–Crippen LogP) is -1.46. The van der Waals surface area contributed by atoms with Gasteiger partial charge in [-0.1, -0.05) is 0 Å². The van der Waals surface area contributed by atoms with Gasteiger partial charge in [-0.05, 0) is 6.08 Å². The molecule has 0 spiro atoms. The van der Waals surface area contributed by atoms with Crippen LogP contribution >= 0.6 is 0 Å². The lowest BCUT2D eigenvalue weighted by Gasteiger charge is -1.88. The van der Waals surface area contributed by atoms with Gasteiger partial charge in [0.25, 0.3) is 0 Å². The molecule has 46 valence electrons. The van der Waals surface area contributed by atoms with E-state index in [1.54, 1.807) is 6.08 Å². The minimum absolute atomic E-state index is 0.0278. The van der Waals surface area contributed by atoms with Gasteiger partial charge in [0.05, 0.1) is 0 Å². The van der Waals surface area contributed by atoms with Crippen molar-refractivity contribution < 1.29 is 14.2 Å². The molecule has 1 heterocycles. The Labute approximate surface area is 48.1 Å². The van der Waals surface area contributed by atoms with Gasteiger partial charge < -0.3 is 5.73 Å². The number of quaternary nitrogens is 1. The van der Waals surface area contributed by atoms with Crippen LogP contribution in [0.3, 0.4) is 0 Å². The lowest BCUT2D eigenvalue weighted by Crippen LogP contribution is -2.61. The number of hydrogen-bond donors (Lipinski definition) is 1. The highest BCUT2D eigenvalue weighted by Gasteiger charge is 2.20. The summed E-state index contributed by atoms with van der Waals surface area (Å²) in [7, 11) is -2.84. The van der Waals surface area contributed by atoms with Crippen molar-refractivity contribution >= 4 is 9.84 Å². The minimum atomic E-state index is -2.84. The van der Waals surface area contributed by atoms with Crippen molar-refractivity contribution in [1.82, 2.24) is 0 Å². The summed E-state index contributed by atoms with van der Waals surface area (Å²) in [6.07, 6.45) is 1.61. The van der Waals surface area contributed by atoms with Gasteiger partial charge in [-0.2, -0.15) is 0 Å². The van der Waals surface area contributed by atoms with Gasteiger partial charge in [0.2, 0.25) is 0 Å². The summed E-state index contributed by atoms with van der Waals surface area (Å²) >= 11 is 0. The molecule has 3 N–H and O–H groups in total. The highest BCUT2D eigenvalue weighted by molar-refractivity contribution is 7.94. The van der Waals surface area contributed by atoms with Crippen LogP contribution in [-0.2, 0) is 9.84 Å². The average molecular weight is 134 g/mol. The summed E-state index contributed by atoms with van der Waals surface area (Å²) < 4.78 is 21.0. The van der Waals surface area contributed by atoms with E-state index in [9.17, 15) is 8.42 Å². The third-order valence-corrected chi connectivity index (χ3v) is 2.47. The van der Waals surface area contributed by atoms with E-state index in [1.165, 1.54) is 5.41 Å². The molecule has 4 heteroatoms. The van der Waals surface area contributed by atoms with E-state index in [4.69, 9.17) is 0 Å². The highest BCUT2D eigenvalue weighted by Crippen LogP contribution is 2.02. The van der Waals surface area contributed by atoms with Crippen molar-refractivity contribution in [3.63, 3.8) is 0 Å². The first-order chi connectivity index (χ1) is 3.60. The van der Waals surface area contributed by atoms with Crippen LogP contribution in [0.4, 0.5) is 0 Å². The molecule has 3 nitrogen and oxygen atoms in total. The fourth-order valence-electron chi connectivity index (χ4n) is 0.640. The van der Waals surface area contributed by atoms with E-state index in [1.807, 2.05) is 0 Å². The second-order valence-electron chi connectivity index (χ2n) is 1.92. The molecule has 0 bridgehead atoms. The summed E-state index contributed by atoms with van der Waals surface area (Å²) in [6, 6.07) is -0.0278. The zero-order chi connectivity index (χ0) is 6.20. The van der Waals surface area contributed by atoms with Gasteiger partial charge in [0, 0.05) is 5.41 Å². The smallest absolute Gasteiger partial charge is 0.177 e. The van der Waals surface area contributed by atoms with Crippen LogP contribution in [0.15, 0.2) is 11.5 Å². The zero-order valence-electron chi connectivity index (χ0n) is 4.37. The largest absolute Gasteiger partial charge is 0.351 e. The molecule has 8 heavy (non-hydrogen) atoms. The lowest BCUT2D eigenvalue weighted by molar-refractivity contribution is -0.395. The second kappa shape index (κ2) is 1.56. The van der Waals surface area contributed by atoms with Gasteiger partial charge in [0.1, 0.15) is 11.8 Å². The topological polar surface area (TPSA) is 61.8 Å². The summed E-state index contributed by atoms with van der Waals surface area (Å²) in [6.45, 7) is 0. The molecule has 0 aliphatic carbocycles. The van der Waals surface area contributed by atoms with Gasteiger partial charge in [-0.25, -0.2) is 8.42 Å². The number of rotatable bonds is 0. The zero-order valence-corrected chi connectivity index (χ0v) is 5.19. The van der Waals surface area contributed by atoms with Crippen LogP contribution < -0.4 is 5.73 Å². The van der Waals surface area contributed by atoms with Crippen LogP contribution in [-0.4, -0.2) is 20.2 Å². The normalized spacial score (nSPS) is 33.4. The molecule has 0 saturated heterocycles. The van der Waals surface area contributed by atoms with Gasteiger partial charge in [0.15, 0.2) is 9.84 Å². The first kappa shape index (κ1) is 5.78. The molecular weight excluding hydrogens is 126 g/mol. The summed E-state index contributed by atoms with van der Waals surface area (Å²) in [5.74, 6) is 0.188. The van der Waals surface area contributed by atoms with Crippen LogP contribution in [0, 0.1) is 0 Å². The van der Waals surface area contributed by atoms with Crippen molar-refractivity contribution in [2.24, 2.45) is 0 Å². The standard InChI is InChI=1S/C4H7NO2S/c5-4-1-2-8(6,7)3-4/h1-2,4H,3,5H2/p+1/t4-/m0/s1. The van der Waals surface area contributed by atoms with Crippen LogP contribution in [0.1, 0.15) is 0 Å². The van der Waals surface area contributed by atoms with Crippen molar-refractivity contribution in [2.75, 3.05) is 5.75 Å². The Kier molecular flexibility index (Phi) is 1.13. The Morgan fingerprint density at radius 1 is 1.62 bits per heavy atom. The fourth-order valence-corrected chi connectivity index (χ4v) is 1.92. The van der Waals surface area contributed by atoms with Crippen LogP contribution in [0.2, 0.25) is 0 Å².